The van der Waals surface area contributed by atoms with Crippen molar-refractivity contribution in [1.82, 2.24) is 5.32 Å². The van der Waals surface area contributed by atoms with Gasteiger partial charge in [-0.15, -0.1) is 11.8 Å². The van der Waals surface area contributed by atoms with Crippen molar-refractivity contribution in [3.05, 3.63) is 90.2 Å². The number of carbonyl (C=O) groups excluding carboxylic acids is 1. The van der Waals surface area contributed by atoms with Crippen molar-refractivity contribution in [3.63, 3.8) is 0 Å². The summed E-state index contributed by atoms with van der Waals surface area (Å²) in [5.74, 6) is -0.274. The first-order valence-electron chi connectivity index (χ1n) is 9.66. The van der Waals surface area contributed by atoms with Gasteiger partial charge < -0.3 is 5.32 Å². The Morgan fingerprint density at radius 3 is 2.26 bits per heavy atom. The van der Waals surface area contributed by atoms with Crippen LogP contribution in [-0.2, 0) is 14.8 Å². The van der Waals surface area contributed by atoms with Gasteiger partial charge in [0.2, 0.25) is 5.91 Å². The van der Waals surface area contributed by atoms with E-state index < -0.39 is 28.3 Å². The van der Waals surface area contributed by atoms with Crippen molar-refractivity contribution >= 4 is 33.4 Å². The second kappa shape index (κ2) is 10.5. The number of amides is 1. The van der Waals surface area contributed by atoms with E-state index in [1.54, 1.807) is 23.9 Å². The molecule has 0 aromatic heterocycles. The molecule has 162 valence electrons. The zero-order chi connectivity index (χ0) is 22.3. The average Bonchev–Trinajstić information content (AvgIpc) is 2.77. The fraction of sp³-hybridized carbons (Fsp3) is 0.174. The normalized spacial score (nSPS) is 11.2. The Morgan fingerprint density at radius 2 is 1.61 bits per heavy atom. The molecule has 31 heavy (non-hydrogen) atoms. The van der Waals surface area contributed by atoms with Crippen LogP contribution < -0.4 is 9.62 Å². The molecule has 3 rings (SSSR count). The Morgan fingerprint density at radius 1 is 0.968 bits per heavy atom. The highest BCUT2D eigenvalue weighted by Crippen LogP contribution is 2.24. The molecule has 0 aliphatic carbocycles. The molecule has 1 N–H and O–H groups in total. The Kier molecular flexibility index (Phi) is 7.70. The summed E-state index contributed by atoms with van der Waals surface area (Å²) >= 11 is 1.59. The van der Waals surface area contributed by atoms with Crippen molar-refractivity contribution in [2.45, 2.75) is 16.7 Å². The Bertz CT molecular complexity index is 1100. The number of benzene rings is 3. The highest BCUT2D eigenvalue weighted by molar-refractivity contribution is 7.99. The summed E-state index contributed by atoms with van der Waals surface area (Å²) in [6, 6.07) is 21.2. The van der Waals surface area contributed by atoms with E-state index in [0.717, 1.165) is 14.8 Å². The third kappa shape index (κ3) is 6.32. The predicted molar refractivity (Wildman–Crippen MR) is 122 cm³/mol. The smallest absolute Gasteiger partial charge is 0.264 e. The minimum Gasteiger partial charge on any atom is -0.354 e. The topological polar surface area (TPSA) is 66.5 Å². The summed E-state index contributed by atoms with van der Waals surface area (Å²) in [5.41, 5.74) is 1.14. The van der Waals surface area contributed by atoms with Crippen LogP contribution >= 0.6 is 11.8 Å². The molecule has 0 heterocycles. The molecule has 0 spiro atoms. The average molecular weight is 459 g/mol. The van der Waals surface area contributed by atoms with Crippen molar-refractivity contribution in [2.75, 3.05) is 23.1 Å². The van der Waals surface area contributed by atoms with Gasteiger partial charge in [0.15, 0.2) is 0 Å². The molecular weight excluding hydrogens is 435 g/mol. The molecule has 3 aromatic rings. The lowest BCUT2D eigenvalue weighted by Gasteiger charge is -2.24. The van der Waals surface area contributed by atoms with E-state index in [0.29, 0.717) is 12.3 Å². The molecule has 0 bridgehead atoms. The maximum Gasteiger partial charge on any atom is 0.264 e. The zero-order valence-corrected chi connectivity index (χ0v) is 18.6. The lowest BCUT2D eigenvalue weighted by molar-refractivity contribution is -0.119. The molecule has 0 fully saturated rings. The van der Waals surface area contributed by atoms with Crippen LogP contribution in [0.15, 0.2) is 88.7 Å². The molecule has 8 heteroatoms. The van der Waals surface area contributed by atoms with E-state index in [9.17, 15) is 17.6 Å². The van der Waals surface area contributed by atoms with Gasteiger partial charge in [0.25, 0.3) is 10.0 Å². The van der Waals surface area contributed by atoms with Crippen LogP contribution in [0.3, 0.4) is 0 Å². The second-order valence-electron chi connectivity index (χ2n) is 6.81. The second-order valence-corrected chi connectivity index (χ2v) is 9.84. The van der Waals surface area contributed by atoms with Crippen molar-refractivity contribution in [3.8, 4) is 0 Å². The molecule has 0 aliphatic heterocycles. The summed E-state index contributed by atoms with van der Waals surface area (Å²) in [7, 11) is -4.01. The lowest BCUT2D eigenvalue weighted by Crippen LogP contribution is -2.41. The number of halogens is 1. The van der Waals surface area contributed by atoms with Gasteiger partial charge in [-0.05, 0) is 55.5 Å². The third-order valence-electron chi connectivity index (χ3n) is 4.45. The van der Waals surface area contributed by atoms with Crippen LogP contribution in [0.25, 0.3) is 0 Å². The van der Waals surface area contributed by atoms with E-state index in [1.807, 2.05) is 37.3 Å². The Labute approximate surface area is 186 Å². The number of rotatable bonds is 9. The first kappa shape index (κ1) is 22.8. The number of hydrogen-bond donors (Lipinski definition) is 1. The maximum atomic E-state index is 13.4. The summed E-state index contributed by atoms with van der Waals surface area (Å²) in [6.07, 6.45) is 0. The number of carbonyl (C=O) groups is 1. The summed E-state index contributed by atoms with van der Waals surface area (Å²) in [6.45, 7) is 1.84. The van der Waals surface area contributed by atoms with E-state index in [4.69, 9.17) is 0 Å². The van der Waals surface area contributed by atoms with Crippen molar-refractivity contribution < 1.29 is 17.6 Å². The molecular formula is C23H23FN2O3S2. The summed E-state index contributed by atoms with van der Waals surface area (Å²) in [5, 5.41) is 2.76. The number of thioether (sulfide) groups is 1. The van der Waals surface area contributed by atoms with Gasteiger partial charge in [0, 0.05) is 17.2 Å². The number of hydrogen-bond acceptors (Lipinski definition) is 4. The molecule has 0 aliphatic rings. The maximum absolute atomic E-state index is 13.4. The SMILES string of the molecule is Cc1ccc(S(=O)(=O)N(CC(=O)NCCSc2ccccc2)c2ccc(F)cc2)cc1. The molecule has 1 amide bonds. The molecule has 0 saturated heterocycles. The number of anilines is 1. The van der Waals surface area contributed by atoms with Crippen LogP contribution in [0.2, 0.25) is 0 Å². The summed E-state index contributed by atoms with van der Waals surface area (Å²) in [4.78, 5) is 13.7. The Hall–Kier alpha value is -2.84. The first-order valence-corrected chi connectivity index (χ1v) is 12.1. The molecule has 0 atom stereocenters. The fourth-order valence-electron chi connectivity index (χ4n) is 2.82. The fourth-order valence-corrected chi connectivity index (χ4v) is 5.03. The van der Waals surface area contributed by atoms with Gasteiger partial charge in [-0.25, -0.2) is 12.8 Å². The zero-order valence-electron chi connectivity index (χ0n) is 17.0. The molecule has 0 saturated carbocycles. The van der Waals surface area contributed by atoms with Gasteiger partial charge in [0.05, 0.1) is 10.6 Å². The lowest BCUT2D eigenvalue weighted by atomic mass is 10.2. The van der Waals surface area contributed by atoms with E-state index >= 15 is 0 Å². The van der Waals surface area contributed by atoms with Gasteiger partial charge in [-0.2, -0.15) is 0 Å². The summed E-state index contributed by atoms with van der Waals surface area (Å²) < 4.78 is 40.8. The van der Waals surface area contributed by atoms with Crippen LogP contribution in [0.1, 0.15) is 5.56 Å². The molecule has 0 unspecified atom stereocenters. The quantitative estimate of drug-likeness (QED) is 0.385. The van der Waals surface area contributed by atoms with Gasteiger partial charge in [0.1, 0.15) is 12.4 Å². The van der Waals surface area contributed by atoms with Crippen LogP contribution in [0.4, 0.5) is 10.1 Å². The van der Waals surface area contributed by atoms with Gasteiger partial charge >= 0.3 is 0 Å². The molecule has 5 nitrogen and oxygen atoms in total. The highest BCUT2D eigenvalue weighted by Gasteiger charge is 2.27. The molecule has 0 radical (unpaired) electrons. The minimum atomic E-state index is -4.01. The van der Waals surface area contributed by atoms with Crippen LogP contribution in [-0.4, -0.2) is 33.2 Å². The molecule has 3 aromatic carbocycles. The highest BCUT2D eigenvalue weighted by atomic mass is 32.2. The van der Waals surface area contributed by atoms with Crippen LogP contribution in [0, 0.1) is 12.7 Å². The van der Waals surface area contributed by atoms with Crippen molar-refractivity contribution in [1.29, 1.82) is 0 Å². The Balaban J connectivity index is 1.71. The largest absolute Gasteiger partial charge is 0.354 e. The van der Waals surface area contributed by atoms with Crippen molar-refractivity contribution in [2.24, 2.45) is 0 Å². The van der Waals surface area contributed by atoms with Gasteiger partial charge in [-0.1, -0.05) is 35.9 Å². The van der Waals surface area contributed by atoms with Gasteiger partial charge in [-0.3, -0.25) is 9.10 Å². The minimum absolute atomic E-state index is 0.0647. The first-order chi connectivity index (χ1) is 14.9. The van der Waals surface area contributed by atoms with E-state index in [1.165, 1.54) is 36.4 Å². The number of sulfonamides is 1. The number of nitrogens with one attached hydrogen (secondary N) is 1. The standard InChI is InChI=1S/C23H23FN2O3S2/c1-18-7-13-22(14-8-18)31(28,29)26(20-11-9-19(24)10-12-20)17-23(27)25-15-16-30-21-5-3-2-4-6-21/h2-14H,15-17H2,1H3,(H,25,27). The van der Waals surface area contributed by atoms with E-state index in [2.05, 4.69) is 5.32 Å². The predicted octanol–water partition coefficient (Wildman–Crippen LogP) is 4.24. The number of nitrogens with zero attached hydrogens (tertiary/aromatic N) is 1. The monoisotopic (exact) mass is 458 g/mol. The third-order valence-corrected chi connectivity index (χ3v) is 7.25. The number of aryl methyl sites for hydroxylation is 1. The van der Waals surface area contributed by atoms with E-state index in [-0.39, 0.29) is 10.6 Å². The van der Waals surface area contributed by atoms with Crippen LogP contribution in [0.5, 0.6) is 0 Å².